The first-order valence-corrected chi connectivity index (χ1v) is 6.95. The second-order valence-corrected chi connectivity index (χ2v) is 5.54. The molecule has 1 aromatic carbocycles. The number of fused-ring (bicyclic) bond motifs is 1. The smallest absolute Gasteiger partial charge is 0.324 e. The van der Waals surface area contributed by atoms with Gasteiger partial charge in [-0.1, -0.05) is 18.2 Å². The summed E-state index contributed by atoms with van der Waals surface area (Å²) in [6, 6.07) is 7.49. The van der Waals surface area contributed by atoms with Crippen LogP contribution in [0, 0.1) is 0 Å². The SMILES string of the molecule is CN(C(=O)N1CC(C(=O)O)c2ccccc21)C1CCC1. The standard InChI is InChI=1S/C15H18N2O3/c1-16(10-5-4-6-10)15(20)17-9-12(14(18)19)11-7-2-3-8-13(11)17/h2-3,7-8,10,12H,4-6,9H2,1H3,(H,18,19). The molecule has 1 unspecified atom stereocenters. The van der Waals surface area contributed by atoms with Gasteiger partial charge in [0.1, 0.15) is 5.92 Å². The maximum Gasteiger partial charge on any atom is 0.324 e. The summed E-state index contributed by atoms with van der Waals surface area (Å²) in [5.41, 5.74) is 1.46. The van der Waals surface area contributed by atoms with Crippen LogP contribution in [0.15, 0.2) is 24.3 Å². The maximum atomic E-state index is 12.6. The minimum atomic E-state index is -0.876. The lowest BCUT2D eigenvalue weighted by Gasteiger charge is -2.37. The number of nitrogens with zero attached hydrogens (tertiary/aromatic N) is 2. The summed E-state index contributed by atoms with van der Waals surface area (Å²) < 4.78 is 0. The number of hydrogen-bond donors (Lipinski definition) is 1. The Morgan fingerprint density at radius 3 is 2.60 bits per heavy atom. The highest BCUT2D eigenvalue weighted by molar-refractivity contribution is 5.98. The number of carbonyl (C=O) groups is 2. The van der Waals surface area contributed by atoms with E-state index in [9.17, 15) is 14.7 Å². The predicted octanol–water partition coefficient (Wildman–Crippen LogP) is 2.28. The van der Waals surface area contributed by atoms with Gasteiger partial charge in [0.2, 0.25) is 0 Å². The molecule has 1 aliphatic heterocycles. The maximum absolute atomic E-state index is 12.6. The molecule has 2 aliphatic rings. The summed E-state index contributed by atoms with van der Waals surface area (Å²) in [5, 5.41) is 9.31. The molecule has 0 bridgehead atoms. The Morgan fingerprint density at radius 1 is 1.30 bits per heavy atom. The van der Waals surface area contributed by atoms with Crippen LogP contribution in [0.2, 0.25) is 0 Å². The molecule has 1 heterocycles. The molecule has 1 N–H and O–H groups in total. The third kappa shape index (κ3) is 1.94. The van der Waals surface area contributed by atoms with Crippen molar-refractivity contribution in [1.82, 2.24) is 4.90 Å². The first-order chi connectivity index (χ1) is 9.59. The van der Waals surface area contributed by atoms with Crippen LogP contribution in [0.1, 0.15) is 30.7 Å². The highest BCUT2D eigenvalue weighted by Crippen LogP contribution is 2.37. The van der Waals surface area contributed by atoms with Crippen LogP contribution >= 0.6 is 0 Å². The Bertz CT molecular complexity index is 554. The average molecular weight is 274 g/mol. The zero-order valence-electron chi connectivity index (χ0n) is 11.5. The molecule has 1 aromatic rings. The van der Waals surface area contributed by atoms with Crippen LogP contribution in [0.5, 0.6) is 0 Å². The summed E-state index contributed by atoms with van der Waals surface area (Å²) in [4.78, 5) is 27.3. The molecule has 2 amide bonds. The van der Waals surface area contributed by atoms with Gasteiger partial charge in [-0.2, -0.15) is 0 Å². The van der Waals surface area contributed by atoms with Gasteiger partial charge in [0, 0.05) is 25.3 Å². The van der Waals surface area contributed by atoms with Crippen LogP contribution in [0.4, 0.5) is 10.5 Å². The zero-order valence-corrected chi connectivity index (χ0v) is 11.5. The topological polar surface area (TPSA) is 60.9 Å². The number of urea groups is 1. The fourth-order valence-corrected chi connectivity index (χ4v) is 2.92. The Kier molecular flexibility index (Phi) is 3.12. The van der Waals surface area contributed by atoms with Crippen LogP contribution in [-0.4, -0.2) is 41.6 Å². The van der Waals surface area contributed by atoms with Crippen LogP contribution in [0.25, 0.3) is 0 Å². The number of carboxylic acid groups (broad SMARTS) is 1. The van der Waals surface area contributed by atoms with E-state index < -0.39 is 11.9 Å². The van der Waals surface area contributed by atoms with Gasteiger partial charge in [-0.25, -0.2) is 4.79 Å². The Morgan fingerprint density at radius 2 is 2.00 bits per heavy atom. The fraction of sp³-hybridized carbons (Fsp3) is 0.467. The van der Waals surface area contributed by atoms with Gasteiger partial charge in [-0.15, -0.1) is 0 Å². The summed E-state index contributed by atoms with van der Waals surface area (Å²) in [5.74, 6) is -1.50. The fourth-order valence-electron chi connectivity index (χ4n) is 2.92. The monoisotopic (exact) mass is 274 g/mol. The second-order valence-electron chi connectivity index (χ2n) is 5.54. The summed E-state index contributed by atoms with van der Waals surface area (Å²) >= 11 is 0. The molecule has 20 heavy (non-hydrogen) atoms. The molecule has 0 saturated heterocycles. The lowest BCUT2D eigenvalue weighted by atomic mass is 9.92. The molecule has 106 valence electrons. The van der Waals surface area contributed by atoms with Crippen molar-refractivity contribution < 1.29 is 14.7 Å². The van der Waals surface area contributed by atoms with Gasteiger partial charge in [-0.3, -0.25) is 9.69 Å². The van der Waals surface area contributed by atoms with Gasteiger partial charge in [-0.05, 0) is 30.9 Å². The third-order valence-electron chi connectivity index (χ3n) is 4.42. The molecule has 0 radical (unpaired) electrons. The Hall–Kier alpha value is -2.04. The largest absolute Gasteiger partial charge is 0.481 e. The highest BCUT2D eigenvalue weighted by Gasteiger charge is 2.39. The third-order valence-corrected chi connectivity index (χ3v) is 4.42. The first kappa shape index (κ1) is 13.0. The van der Waals surface area contributed by atoms with Crippen molar-refractivity contribution >= 4 is 17.7 Å². The predicted molar refractivity (Wildman–Crippen MR) is 75.0 cm³/mol. The molecule has 1 fully saturated rings. The van der Waals surface area contributed by atoms with E-state index in [0.717, 1.165) is 30.5 Å². The molecule has 3 rings (SSSR count). The van der Waals surface area contributed by atoms with Crippen LogP contribution in [0.3, 0.4) is 0 Å². The van der Waals surface area contributed by atoms with E-state index in [1.807, 2.05) is 25.2 Å². The minimum absolute atomic E-state index is 0.0918. The minimum Gasteiger partial charge on any atom is -0.481 e. The molecule has 5 heteroatoms. The molecular weight excluding hydrogens is 256 g/mol. The number of carboxylic acids is 1. The molecule has 0 spiro atoms. The van der Waals surface area contributed by atoms with Crippen molar-refractivity contribution in [3.8, 4) is 0 Å². The number of hydrogen-bond acceptors (Lipinski definition) is 2. The number of benzene rings is 1. The van der Waals surface area contributed by atoms with E-state index >= 15 is 0 Å². The van der Waals surface area contributed by atoms with Gasteiger partial charge >= 0.3 is 12.0 Å². The highest BCUT2D eigenvalue weighted by atomic mass is 16.4. The molecule has 1 saturated carbocycles. The molecular formula is C15H18N2O3. The number of rotatable bonds is 2. The number of aliphatic carboxylic acids is 1. The van der Waals surface area contributed by atoms with Crippen molar-refractivity contribution in [3.63, 3.8) is 0 Å². The molecule has 0 aromatic heterocycles. The lowest BCUT2D eigenvalue weighted by Crippen LogP contribution is -2.48. The van der Waals surface area contributed by atoms with Crippen molar-refractivity contribution in [2.45, 2.75) is 31.2 Å². The first-order valence-electron chi connectivity index (χ1n) is 6.95. The zero-order chi connectivity index (χ0) is 14.3. The van der Waals surface area contributed by atoms with Crippen molar-refractivity contribution in [3.05, 3.63) is 29.8 Å². The van der Waals surface area contributed by atoms with Crippen LogP contribution < -0.4 is 4.90 Å². The Labute approximate surface area is 117 Å². The van der Waals surface area contributed by atoms with Crippen molar-refractivity contribution in [1.29, 1.82) is 0 Å². The van der Waals surface area contributed by atoms with Crippen LogP contribution in [-0.2, 0) is 4.79 Å². The molecule has 5 nitrogen and oxygen atoms in total. The molecule has 1 aliphatic carbocycles. The summed E-state index contributed by atoms with van der Waals surface area (Å²) in [6.45, 7) is 0.227. The van der Waals surface area contributed by atoms with E-state index in [-0.39, 0.29) is 12.6 Å². The van der Waals surface area contributed by atoms with E-state index in [1.54, 1.807) is 15.9 Å². The van der Waals surface area contributed by atoms with Crippen molar-refractivity contribution in [2.24, 2.45) is 0 Å². The number of para-hydroxylation sites is 1. The van der Waals surface area contributed by atoms with Gasteiger partial charge < -0.3 is 10.0 Å². The van der Waals surface area contributed by atoms with Gasteiger partial charge in [0.25, 0.3) is 0 Å². The Balaban J connectivity index is 1.87. The van der Waals surface area contributed by atoms with Gasteiger partial charge in [0.05, 0.1) is 0 Å². The number of amides is 2. The lowest BCUT2D eigenvalue weighted by molar-refractivity contribution is -0.138. The van der Waals surface area contributed by atoms with Gasteiger partial charge in [0.15, 0.2) is 0 Å². The summed E-state index contributed by atoms with van der Waals surface area (Å²) in [6.07, 6.45) is 3.25. The normalized spacial score (nSPS) is 21.2. The van der Waals surface area contributed by atoms with E-state index in [2.05, 4.69) is 0 Å². The van der Waals surface area contributed by atoms with E-state index in [0.29, 0.717) is 6.04 Å². The average Bonchev–Trinajstić information content (AvgIpc) is 2.75. The number of anilines is 1. The van der Waals surface area contributed by atoms with E-state index in [4.69, 9.17) is 0 Å². The quantitative estimate of drug-likeness (QED) is 0.900. The molecule has 1 atom stereocenters. The van der Waals surface area contributed by atoms with E-state index in [1.165, 1.54) is 0 Å². The van der Waals surface area contributed by atoms with Crippen molar-refractivity contribution in [2.75, 3.05) is 18.5 Å². The second kappa shape index (κ2) is 4.81. The number of carbonyl (C=O) groups excluding carboxylic acids is 1. The summed E-state index contributed by atoms with van der Waals surface area (Å²) in [7, 11) is 1.81.